The first-order valence-electron chi connectivity index (χ1n) is 5.61. The van der Waals surface area contributed by atoms with E-state index in [4.69, 9.17) is 0 Å². The number of carbonyl (C=O) groups excluding carboxylic acids is 3. The number of hydrogen-bond donors (Lipinski definition) is 1. The Bertz CT molecular complexity index is 463. The van der Waals surface area contributed by atoms with Crippen molar-refractivity contribution in [1.29, 1.82) is 0 Å². The first kappa shape index (κ1) is 12.8. The lowest BCUT2D eigenvalue weighted by Gasteiger charge is -2.42. The van der Waals surface area contributed by atoms with Gasteiger partial charge in [-0.25, -0.2) is 9.59 Å². The van der Waals surface area contributed by atoms with Crippen molar-refractivity contribution in [3.63, 3.8) is 0 Å². The fraction of sp³-hybridized carbons (Fsp3) is 0.583. The topological polar surface area (TPSA) is 89.9 Å². The van der Waals surface area contributed by atoms with E-state index in [1.807, 2.05) is 0 Å². The van der Waals surface area contributed by atoms with Crippen molar-refractivity contribution in [1.82, 2.24) is 0 Å². The summed E-state index contributed by atoms with van der Waals surface area (Å²) in [5, 5.41) is 10.4. The third kappa shape index (κ3) is 1.64. The van der Waals surface area contributed by atoms with Crippen LogP contribution in [0.1, 0.15) is 19.3 Å². The predicted molar refractivity (Wildman–Crippen MR) is 58.4 cm³/mol. The molecule has 2 atom stereocenters. The molecule has 2 bridgehead atoms. The monoisotopic (exact) mass is 254 g/mol. The molecule has 0 unspecified atom stereocenters. The normalized spacial score (nSPS) is 30.4. The Labute approximate surface area is 104 Å². The van der Waals surface area contributed by atoms with Crippen molar-refractivity contribution in [2.45, 2.75) is 24.9 Å². The maximum atomic E-state index is 11.8. The van der Waals surface area contributed by atoms with Gasteiger partial charge in [0.15, 0.2) is 0 Å². The highest BCUT2D eigenvalue weighted by Crippen LogP contribution is 2.46. The van der Waals surface area contributed by atoms with Crippen molar-refractivity contribution in [3.05, 3.63) is 11.1 Å². The lowest BCUT2D eigenvalue weighted by Crippen LogP contribution is -2.51. The van der Waals surface area contributed by atoms with E-state index < -0.39 is 23.5 Å². The van der Waals surface area contributed by atoms with Gasteiger partial charge in [-0.1, -0.05) is 0 Å². The Morgan fingerprint density at radius 2 is 1.89 bits per heavy atom. The molecule has 0 aromatic carbocycles. The molecular weight excluding hydrogens is 240 g/mol. The van der Waals surface area contributed by atoms with Crippen LogP contribution < -0.4 is 0 Å². The summed E-state index contributed by atoms with van der Waals surface area (Å²) in [5.74, 6) is -2.45. The summed E-state index contributed by atoms with van der Waals surface area (Å²) in [6.07, 6.45) is 0.469. The van der Waals surface area contributed by atoms with E-state index >= 15 is 0 Å². The lowest BCUT2D eigenvalue weighted by atomic mass is 9.63. The van der Waals surface area contributed by atoms with Crippen molar-refractivity contribution in [2.24, 2.45) is 5.92 Å². The van der Waals surface area contributed by atoms with Gasteiger partial charge in [-0.15, -0.1) is 0 Å². The number of Topliss-reactive ketones (excluding diaryl/α,β-unsaturated/α-hetero) is 1. The van der Waals surface area contributed by atoms with Crippen LogP contribution in [0.5, 0.6) is 0 Å². The summed E-state index contributed by atoms with van der Waals surface area (Å²) in [6, 6.07) is 0. The summed E-state index contributed by atoms with van der Waals surface area (Å²) >= 11 is 0. The van der Waals surface area contributed by atoms with Crippen molar-refractivity contribution in [2.75, 3.05) is 14.2 Å². The fourth-order valence-corrected chi connectivity index (χ4v) is 2.74. The molecule has 18 heavy (non-hydrogen) atoms. The molecular formula is C12H14O6. The highest BCUT2D eigenvalue weighted by molar-refractivity contribution is 6.09. The molecule has 6 nitrogen and oxygen atoms in total. The standard InChI is InChI=1S/C12H14O6/c1-17-10(14)8-6-3-4-12(16,5-7(6)13)9(8)11(15)18-2/h6,16H,3-5H2,1-2H3/t6-,12-/m1/s1. The van der Waals surface area contributed by atoms with Gasteiger partial charge in [0.2, 0.25) is 0 Å². The van der Waals surface area contributed by atoms with E-state index in [9.17, 15) is 19.5 Å². The Morgan fingerprint density at radius 3 is 2.39 bits per heavy atom. The largest absolute Gasteiger partial charge is 0.466 e. The van der Waals surface area contributed by atoms with E-state index in [-0.39, 0.29) is 29.8 Å². The molecule has 0 aliphatic heterocycles. The number of rotatable bonds is 2. The van der Waals surface area contributed by atoms with E-state index in [0.29, 0.717) is 6.42 Å². The first-order chi connectivity index (χ1) is 8.44. The number of methoxy groups -OCH3 is 2. The average molecular weight is 254 g/mol. The zero-order chi connectivity index (χ0) is 13.5. The molecule has 1 fully saturated rings. The van der Waals surface area contributed by atoms with Gasteiger partial charge in [-0.2, -0.15) is 0 Å². The smallest absolute Gasteiger partial charge is 0.337 e. The van der Waals surface area contributed by atoms with Gasteiger partial charge in [0.05, 0.1) is 31.3 Å². The number of fused-ring (bicyclic) bond motifs is 2. The molecule has 1 N–H and O–H groups in total. The Hall–Kier alpha value is -1.69. The van der Waals surface area contributed by atoms with Crippen LogP contribution >= 0.6 is 0 Å². The van der Waals surface area contributed by atoms with Crippen LogP contribution in [0.25, 0.3) is 0 Å². The second-order valence-corrected chi connectivity index (χ2v) is 4.54. The highest BCUT2D eigenvalue weighted by Gasteiger charge is 2.54. The van der Waals surface area contributed by atoms with Crippen molar-refractivity contribution < 1.29 is 29.0 Å². The quantitative estimate of drug-likeness (QED) is 0.683. The molecule has 0 aromatic heterocycles. The molecule has 3 rings (SSSR count). The molecule has 0 aromatic rings. The van der Waals surface area contributed by atoms with Gasteiger partial charge in [-0.3, -0.25) is 4.79 Å². The number of carbonyl (C=O) groups is 3. The van der Waals surface area contributed by atoms with Crippen molar-refractivity contribution >= 4 is 17.7 Å². The third-order valence-electron chi connectivity index (χ3n) is 3.58. The van der Waals surface area contributed by atoms with E-state index in [1.165, 1.54) is 7.11 Å². The van der Waals surface area contributed by atoms with Crippen LogP contribution in [0.3, 0.4) is 0 Å². The predicted octanol–water partition coefficient (Wildman–Crippen LogP) is -0.257. The van der Waals surface area contributed by atoms with Gasteiger partial charge >= 0.3 is 11.9 Å². The summed E-state index contributed by atoms with van der Waals surface area (Å²) in [6.45, 7) is 0. The zero-order valence-electron chi connectivity index (χ0n) is 10.2. The maximum Gasteiger partial charge on any atom is 0.337 e. The summed E-state index contributed by atoms with van der Waals surface area (Å²) in [7, 11) is 2.33. The summed E-state index contributed by atoms with van der Waals surface area (Å²) < 4.78 is 9.18. The van der Waals surface area contributed by atoms with Crippen LogP contribution in [-0.4, -0.2) is 42.6 Å². The Balaban J connectivity index is 2.63. The van der Waals surface area contributed by atoms with Crippen LogP contribution in [0.4, 0.5) is 0 Å². The van der Waals surface area contributed by atoms with E-state index in [0.717, 1.165) is 7.11 Å². The molecule has 0 amide bonds. The van der Waals surface area contributed by atoms with Crippen LogP contribution in [-0.2, 0) is 23.9 Å². The Kier molecular flexibility index (Phi) is 2.98. The second kappa shape index (κ2) is 4.20. The SMILES string of the molecule is COC(=O)C1=C(C(=O)OC)[C@@]2(O)CC[C@@H]1C(=O)C2. The molecule has 0 saturated heterocycles. The van der Waals surface area contributed by atoms with Gasteiger partial charge in [0.25, 0.3) is 0 Å². The summed E-state index contributed by atoms with van der Waals surface area (Å²) in [5.41, 5.74) is -1.76. The number of ether oxygens (including phenoxy) is 2. The molecule has 0 radical (unpaired) electrons. The highest BCUT2D eigenvalue weighted by atomic mass is 16.5. The maximum absolute atomic E-state index is 11.8. The van der Waals surface area contributed by atoms with Gasteiger partial charge in [0, 0.05) is 6.42 Å². The molecule has 98 valence electrons. The molecule has 0 spiro atoms. The van der Waals surface area contributed by atoms with Crippen LogP contribution in [0.15, 0.2) is 11.1 Å². The lowest BCUT2D eigenvalue weighted by molar-refractivity contribution is -0.148. The molecule has 6 heteroatoms. The van der Waals surface area contributed by atoms with Crippen molar-refractivity contribution in [3.8, 4) is 0 Å². The minimum absolute atomic E-state index is 0.0469. The van der Waals surface area contributed by atoms with Gasteiger partial charge in [-0.05, 0) is 12.8 Å². The van der Waals surface area contributed by atoms with E-state index in [1.54, 1.807) is 0 Å². The fourth-order valence-electron chi connectivity index (χ4n) is 2.74. The molecule has 0 heterocycles. The van der Waals surface area contributed by atoms with Gasteiger partial charge in [0.1, 0.15) is 11.4 Å². The van der Waals surface area contributed by atoms with Crippen LogP contribution in [0, 0.1) is 5.92 Å². The molecule has 1 saturated carbocycles. The minimum Gasteiger partial charge on any atom is -0.466 e. The molecule has 3 aliphatic carbocycles. The number of ketones is 1. The zero-order valence-corrected chi connectivity index (χ0v) is 10.2. The van der Waals surface area contributed by atoms with Gasteiger partial charge < -0.3 is 14.6 Å². The third-order valence-corrected chi connectivity index (χ3v) is 3.58. The van der Waals surface area contributed by atoms with E-state index in [2.05, 4.69) is 9.47 Å². The van der Waals surface area contributed by atoms with Crippen LogP contribution in [0.2, 0.25) is 0 Å². The Morgan fingerprint density at radius 1 is 1.28 bits per heavy atom. The average Bonchev–Trinajstić information content (AvgIpc) is 2.35. The summed E-state index contributed by atoms with van der Waals surface area (Å²) in [4.78, 5) is 35.3. The first-order valence-corrected chi connectivity index (χ1v) is 5.61. The number of aliphatic hydroxyl groups is 1. The number of esters is 2. The number of hydrogen-bond acceptors (Lipinski definition) is 6. The second-order valence-electron chi connectivity index (χ2n) is 4.54. The molecule has 3 aliphatic rings. The minimum atomic E-state index is -1.59.